The Labute approximate surface area is 213 Å². The molecule has 0 heterocycles. The number of aliphatic hydroxyl groups is 1. The van der Waals surface area contributed by atoms with Gasteiger partial charge in [-0.05, 0) is 74.0 Å². The fourth-order valence-electron chi connectivity index (χ4n) is 7.72. The first-order valence-corrected chi connectivity index (χ1v) is 15.4. The van der Waals surface area contributed by atoms with Gasteiger partial charge in [0.15, 0.2) is 0 Å². The highest BCUT2D eigenvalue weighted by atomic mass is 31.2. The molecule has 0 bridgehead atoms. The number of hydrogen-bond acceptors (Lipinski definition) is 3. The summed E-state index contributed by atoms with van der Waals surface area (Å²) in [4.78, 5) is 12.2. The van der Waals surface area contributed by atoms with E-state index in [4.69, 9.17) is 0 Å². The molecule has 1 N–H and O–H groups in total. The van der Waals surface area contributed by atoms with Crippen LogP contribution in [-0.4, -0.2) is 41.9 Å². The number of fused-ring (bicyclic) bond motifs is 4. The Balaban J connectivity index is 1.67. The second kappa shape index (κ2) is 8.35. The molecule has 4 aliphatic carbocycles. The third-order valence-corrected chi connectivity index (χ3v) is 11.2. The molecule has 3 fully saturated rings. The minimum atomic E-state index is -5.87. The number of carbonyl (C=O) groups is 1. The molecular formula is C28H32F5O3P. The molecule has 37 heavy (non-hydrogen) atoms. The van der Waals surface area contributed by atoms with E-state index in [1.54, 1.807) is 37.6 Å². The molecule has 202 valence electrons. The van der Waals surface area contributed by atoms with E-state index in [0.29, 0.717) is 31.0 Å². The number of carbonyl (C=O) groups excluding carboxylic acids is 1. The van der Waals surface area contributed by atoms with Gasteiger partial charge in [0.2, 0.25) is 0 Å². The van der Waals surface area contributed by atoms with Gasteiger partial charge in [0.25, 0.3) is 0 Å². The van der Waals surface area contributed by atoms with Gasteiger partial charge in [0.05, 0.1) is 0 Å². The summed E-state index contributed by atoms with van der Waals surface area (Å²) >= 11 is 0. The molecule has 5 rings (SSSR count). The largest absolute Gasteiger partial charge is 0.456 e. The normalized spacial score (nSPS) is 34.6. The summed E-state index contributed by atoms with van der Waals surface area (Å²) in [6, 6.07) is 7.05. The first-order chi connectivity index (χ1) is 17.0. The van der Waals surface area contributed by atoms with E-state index in [9.17, 15) is 27.6 Å². The van der Waals surface area contributed by atoms with Crippen LogP contribution in [0.1, 0.15) is 63.4 Å². The van der Waals surface area contributed by atoms with E-state index in [0.717, 1.165) is 22.3 Å². The molecule has 0 radical (unpaired) electrons. The number of alkyl halides is 5. The van der Waals surface area contributed by atoms with E-state index in [-0.39, 0.29) is 24.5 Å². The SMILES string of the molecule is C[C@]12C[C@H](c3ccc(P(C)(C)=O)cc3)C3=C4CCC(=O)CC4=CC[C@H]3[C@@H]1CC[C@@]2(O)C(F)(F)C(F)(F)F. The number of ketones is 1. The van der Waals surface area contributed by atoms with Crippen LogP contribution in [0.25, 0.3) is 0 Å². The Bertz CT molecular complexity index is 1240. The van der Waals surface area contributed by atoms with E-state index in [2.05, 4.69) is 0 Å². The van der Waals surface area contributed by atoms with Crippen molar-refractivity contribution < 1.29 is 36.4 Å². The minimum Gasteiger partial charge on any atom is -0.383 e. The predicted octanol–water partition coefficient (Wildman–Crippen LogP) is 6.76. The lowest BCUT2D eigenvalue weighted by Crippen LogP contribution is -2.65. The third kappa shape index (κ3) is 3.83. The molecule has 5 atom stereocenters. The Morgan fingerprint density at radius 2 is 1.70 bits per heavy atom. The second-order valence-electron chi connectivity index (χ2n) is 11.9. The average molecular weight is 543 g/mol. The molecule has 0 unspecified atom stereocenters. The van der Waals surface area contributed by atoms with Crippen molar-refractivity contribution in [2.75, 3.05) is 13.3 Å². The smallest absolute Gasteiger partial charge is 0.383 e. The van der Waals surface area contributed by atoms with Crippen molar-refractivity contribution in [2.24, 2.45) is 17.3 Å². The molecule has 0 aromatic heterocycles. The van der Waals surface area contributed by atoms with Crippen molar-refractivity contribution in [3.63, 3.8) is 0 Å². The molecule has 0 aliphatic heterocycles. The van der Waals surface area contributed by atoms with Crippen LogP contribution in [0.5, 0.6) is 0 Å². The number of Topliss-reactive ketones (excluding diaryl/α,β-unsaturated/α-hetero) is 1. The van der Waals surface area contributed by atoms with Crippen molar-refractivity contribution in [3.8, 4) is 0 Å². The standard InChI is InChI=1S/C28H32F5O3P/c1-25-15-22(16-4-8-19(9-5-16)37(2,3)36)24-20-11-7-18(34)14-17(20)6-10-21(24)23(25)12-13-26(25,35)27(29,30)28(31,32)33/h4-6,8-9,21-23,35H,7,10-15H2,1-3H3/t21-,22+,23-,25-,26-/m0/s1. The first-order valence-electron chi connectivity index (χ1n) is 12.8. The lowest BCUT2D eigenvalue weighted by Gasteiger charge is -2.55. The maximum atomic E-state index is 15.0. The summed E-state index contributed by atoms with van der Waals surface area (Å²) in [7, 11) is -2.55. The highest BCUT2D eigenvalue weighted by Gasteiger charge is 2.79. The van der Waals surface area contributed by atoms with Crippen LogP contribution in [0.4, 0.5) is 22.0 Å². The summed E-state index contributed by atoms with van der Waals surface area (Å²) in [5, 5.41) is 12.0. The van der Waals surface area contributed by atoms with Gasteiger partial charge in [0.1, 0.15) is 18.5 Å². The number of halogens is 5. The Morgan fingerprint density at radius 3 is 2.30 bits per heavy atom. The molecular weight excluding hydrogens is 510 g/mol. The van der Waals surface area contributed by atoms with Gasteiger partial charge in [-0.3, -0.25) is 4.79 Å². The first kappa shape index (κ1) is 26.8. The Morgan fingerprint density at radius 1 is 1.05 bits per heavy atom. The summed E-state index contributed by atoms with van der Waals surface area (Å²) in [6.07, 6.45) is -2.88. The zero-order valence-corrected chi connectivity index (χ0v) is 22.1. The van der Waals surface area contributed by atoms with E-state index in [1.807, 2.05) is 6.08 Å². The van der Waals surface area contributed by atoms with E-state index >= 15 is 8.78 Å². The minimum absolute atomic E-state index is 0.0638. The Hall–Kier alpha value is -1.79. The van der Waals surface area contributed by atoms with E-state index < -0.39 is 48.5 Å². The second-order valence-corrected chi connectivity index (χ2v) is 15.1. The lowest BCUT2D eigenvalue weighted by atomic mass is 9.51. The quantitative estimate of drug-likeness (QED) is 0.339. The molecule has 0 spiro atoms. The predicted molar refractivity (Wildman–Crippen MR) is 132 cm³/mol. The molecule has 3 nitrogen and oxygen atoms in total. The molecule has 1 aromatic carbocycles. The average Bonchev–Trinajstić information content (AvgIpc) is 3.09. The van der Waals surface area contributed by atoms with Gasteiger partial charge in [-0.15, -0.1) is 0 Å². The molecule has 0 amide bonds. The summed E-state index contributed by atoms with van der Waals surface area (Å²) in [5.41, 5.74) is -1.19. The molecule has 3 saturated carbocycles. The van der Waals surface area contributed by atoms with Gasteiger partial charge >= 0.3 is 12.1 Å². The van der Waals surface area contributed by atoms with Gasteiger partial charge in [-0.2, -0.15) is 22.0 Å². The fourth-order valence-corrected chi connectivity index (χ4v) is 8.58. The van der Waals surface area contributed by atoms with Crippen molar-refractivity contribution in [1.29, 1.82) is 0 Å². The van der Waals surface area contributed by atoms with E-state index in [1.165, 1.54) is 6.92 Å². The zero-order chi connectivity index (χ0) is 27.2. The topological polar surface area (TPSA) is 54.4 Å². The zero-order valence-electron chi connectivity index (χ0n) is 21.2. The monoisotopic (exact) mass is 542 g/mol. The highest BCUT2D eigenvalue weighted by Crippen LogP contribution is 2.70. The molecule has 4 aliphatic rings. The Kier molecular flexibility index (Phi) is 6.05. The lowest BCUT2D eigenvalue weighted by molar-refractivity contribution is -0.362. The molecule has 0 saturated heterocycles. The van der Waals surface area contributed by atoms with Crippen LogP contribution in [0.3, 0.4) is 0 Å². The maximum Gasteiger partial charge on any atom is 0.456 e. The summed E-state index contributed by atoms with van der Waals surface area (Å²) in [5.74, 6) is -6.46. The third-order valence-electron chi connectivity index (χ3n) is 9.66. The van der Waals surface area contributed by atoms with Gasteiger partial charge < -0.3 is 9.67 Å². The molecule has 9 heteroatoms. The van der Waals surface area contributed by atoms with Crippen LogP contribution >= 0.6 is 7.14 Å². The van der Waals surface area contributed by atoms with Crippen LogP contribution in [-0.2, 0) is 9.36 Å². The molecule has 1 aromatic rings. The van der Waals surface area contributed by atoms with Gasteiger partial charge in [0, 0.05) is 29.5 Å². The van der Waals surface area contributed by atoms with Crippen LogP contribution < -0.4 is 5.30 Å². The number of hydrogen-bond donors (Lipinski definition) is 1. The van der Waals surface area contributed by atoms with Crippen molar-refractivity contribution in [1.82, 2.24) is 0 Å². The van der Waals surface area contributed by atoms with Crippen LogP contribution in [0.2, 0.25) is 0 Å². The number of benzene rings is 1. The van der Waals surface area contributed by atoms with Crippen LogP contribution in [0, 0.1) is 17.3 Å². The van der Waals surface area contributed by atoms with Gasteiger partial charge in [-0.25, -0.2) is 0 Å². The number of rotatable bonds is 3. The summed E-state index contributed by atoms with van der Waals surface area (Å²) in [6.45, 7) is 4.69. The fraction of sp³-hybridized carbons (Fsp3) is 0.607. The van der Waals surface area contributed by atoms with Crippen molar-refractivity contribution in [2.45, 2.75) is 75.5 Å². The number of allylic oxidation sites excluding steroid dienone is 4. The van der Waals surface area contributed by atoms with Crippen molar-refractivity contribution >= 4 is 18.2 Å². The van der Waals surface area contributed by atoms with Crippen LogP contribution in [0.15, 0.2) is 47.1 Å². The highest BCUT2D eigenvalue weighted by molar-refractivity contribution is 7.70. The summed E-state index contributed by atoms with van der Waals surface area (Å²) < 4.78 is 83.5. The van der Waals surface area contributed by atoms with Crippen molar-refractivity contribution in [3.05, 3.63) is 52.6 Å². The van der Waals surface area contributed by atoms with Gasteiger partial charge in [-0.1, -0.05) is 42.8 Å². The maximum absolute atomic E-state index is 15.0.